The molecule has 0 saturated heterocycles. The summed E-state index contributed by atoms with van der Waals surface area (Å²) in [5.74, 6) is -0.980. The zero-order valence-electron chi connectivity index (χ0n) is 22.8. The van der Waals surface area contributed by atoms with Crippen LogP contribution in [0, 0.1) is 12.8 Å². The summed E-state index contributed by atoms with van der Waals surface area (Å²) in [6.07, 6.45) is 15.9. The first-order chi connectivity index (χ1) is 17.4. The Labute approximate surface area is 218 Å². The Kier molecular flexibility index (Phi) is 17.4. The number of carboxylic acid groups (broad SMARTS) is 1. The number of esters is 2. The molecule has 1 aromatic rings. The lowest BCUT2D eigenvalue weighted by Crippen LogP contribution is -2.10. The highest BCUT2D eigenvalue weighted by molar-refractivity contribution is 5.94. The maximum atomic E-state index is 12.2. The Morgan fingerprint density at radius 1 is 0.722 bits per heavy atom. The summed E-state index contributed by atoms with van der Waals surface area (Å²) in [5, 5.41) is 9.12. The Hall–Kier alpha value is -2.37. The monoisotopic (exact) mass is 504 g/mol. The van der Waals surface area contributed by atoms with E-state index in [9.17, 15) is 14.4 Å². The van der Waals surface area contributed by atoms with Crippen LogP contribution in [-0.2, 0) is 14.3 Å². The molecule has 0 spiro atoms. The van der Waals surface area contributed by atoms with Gasteiger partial charge in [0.15, 0.2) is 0 Å². The smallest absolute Gasteiger partial charge is 0.338 e. The molecule has 204 valence electrons. The lowest BCUT2D eigenvalue weighted by atomic mass is 9.92. The molecule has 0 heterocycles. The van der Waals surface area contributed by atoms with Crippen molar-refractivity contribution in [2.75, 3.05) is 13.2 Å². The van der Waals surface area contributed by atoms with Gasteiger partial charge in [-0.1, -0.05) is 84.5 Å². The van der Waals surface area contributed by atoms with E-state index >= 15 is 0 Å². The molecule has 6 heteroatoms. The summed E-state index contributed by atoms with van der Waals surface area (Å²) in [6, 6.07) is 4.50. The third-order valence-corrected chi connectivity index (χ3v) is 6.54. The molecule has 0 aromatic heterocycles. The van der Waals surface area contributed by atoms with Crippen LogP contribution in [0.3, 0.4) is 0 Å². The number of aryl methyl sites for hydroxylation is 1. The minimum Gasteiger partial charge on any atom is -0.478 e. The largest absolute Gasteiger partial charge is 0.478 e. The molecule has 0 unspecified atom stereocenters. The third kappa shape index (κ3) is 14.9. The number of carbonyl (C=O) groups excluding carboxylic acids is 2. The first-order valence-electron chi connectivity index (χ1n) is 14.0. The van der Waals surface area contributed by atoms with Gasteiger partial charge in [-0.05, 0) is 55.9 Å². The molecule has 36 heavy (non-hydrogen) atoms. The first-order valence-corrected chi connectivity index (χ1v) is 14.0. The minimum atomic E-state index is -1.06. The van der Waals surface area contributed by atoms with E-state index in [2.05, 4.69) is 13.8 Å². The van der Waals surface area contributed by atoms with E-state index in [1.807, 2.05) is 0 Å². The van der Waals surface area contributed by atoms with Crippen LogP contribution in [0.15, 0.2) is 18.2 Å². The molecule has 0 atom stereocenters. The second-order valence-electron chi connectivity index (χ2n) is 9.91. The number of carboxylic acids is 1. The second kappa shape index (κ2) is 19.8. The van der Waals surface area contributed by atoms with E-state index in [1.54, 1.807) is 13.0 Å². The fraction of sp³-hybridized carbons (Fsp3) is 0.700. The van der Waals surface area contributed by atoms with Crippen molar-refractivity contribution in [1.82, 2.24) is 0 Å². The normalized spacial score (nSPS) is 11.0. The summed E-state index contributed by atoms with van der Waals surface area (Å²) in [6.45, 7) is 7.06. The molecule has 1 rings (SSSR count). The highest BCUT2D eigenvalue weighted by Crippen LogP contribution is 2.21. The predicted molar refractivity (Wildman–Crippen MR) is 143 cm³/mol. The zero-order chi connectivity index (χ0) is 26.6. The van der Waals surface area contributed by atoms with E-state index in [1.165, 1.54) is 63.5 Å². The molecule has 0 saturated carbocycles. The van der Waals surface area contributed by atoms with Gasteiger partial charge in [-0.15, -0.1) is 0 Å². The zero-order valence-corrected chi connectivity index (χ0v) is 22.8. The standard InChI is InChI=1S/C30H48O6/c1-4-6-11-15-25(16-12-7-5-2)18-20-35-28(31)17-13-9-8-10-14-19-36-30(34)27-22-24(3)21-26(23-27)29(32)33/h21-23,25H,4-20H2,1-3H3,(H,32,33). The minimum absolute atomic E-state index is 0.0826. The van der Waals surface area contributed by atoms with Gasteiger partial charge in [-0.2, -0.15) is 0 Å². The SMILES string of the molecule is CCCCCC(CCCCC)CCOC(=O)CCCCCCCOC(=O)c1cc(C)cc(C(=O)O)c1. The van der Waals surface area contributed by atoms with Gasteiger partial charge in [-0.25, -0.2) is 9.59 Å². The van der Waals surface area contributed by atoms with Crippen molar-refractivity contribution in [2.45, 2.75) is 117 Å². The molecule has 1 aromatic carbocycles. The average molecular weight is 505 g/mol. The van der Waals surface area contributed by atoms with Gasteiger partial charge in [-0.3, -0.25) is 4.79 Å². The predicted octanol–water partition coefficient (Wildman–Crippen LogP) is 7.90. The molecule has 0 aliphatic rings. The number of hydrogen-bond acceptors (Lipinski definition) is 5. The third-order valence-electron chi connectivity index (χ3n) is 6.54. The molecule has 1 N–H and O–H groups in total. The second-order valence-corrected chi connectivity index (χ2v) is 9.91. The molecule has 6 nitrogen and oxygen atoms in total. The fourth-order valence-electron chi connectivity index (χ4n) is 4.38. The summed E-state index contributed by atoms with van der Waals surface area (Å²) < 4.78 is 10.8. The molecule has 0 amide bonds. The van der Waals surface area contributed by atoms with Crippen molar-refractivity contribution < 1.29 is 29.0 Å². The van der Waals surface area contributed by atoms with Crippen molar-refractivity contribution >= 4 is 17.9 Å². The van der Waals surface area contributed by atoms with Gasteiger partial charge in [0, 0.05) is 6.42 Å². The van der Waals surface area contributed by atoms with Crippen molar-refractivity contribution in [1.29, 1.82) is 0 Å². The van der Waals surface area contributed by atoms with Crippen LogP contribution in [0.2, 0.25) is 0 Å². The first kappa shape index (κ1) is 31.7. The van der Waals surface area contributed by atoms with Gasteiger partial charge in [0.1, 0.15) is 0 Å². The summed E-state index contributed by atoms with van der Waals surface area (Å²) in [5.41, 5.74) is 1.05. The highest BCUT2D eigenvalue weighted by Gasteiger charge is 2.13. The summed E-state index contributed by atoms with van der Waals surface area (Å²) in [4.78, 5) is 35.4. The number of unbranched alkanes of at least 4 members (excludes halogenated alkanes) is 8. The van der Waals surface area contributed by atoms with Crippen LogP contribution in [-0.4, -0.2) is 36.2 Å². The van der Waals surface area contributed by atoms with Crippen LogP contribution < -0.4 is 0 Å². The summed E-state index contributed by atoms with van der Waals surface area (Å²) in [7, 11) is 0. The quantitative estimate of drug-likeness (QED) is 0.135. The Morgan fingerprint density at radius 3 is 1.97 bits per heavy atom. The van der Waals surface area contributed by atoms with E-state index in [-0.39, 0.29) is 17.1 Å². The number of benzene rings is 1. The van der Waals surface area contributed by atoms with Gasteiger partial charge in [0.2, 0.25) is 0 Å². The van der Waals surface area contributed by atoms with Crippen molar-refractivity contribution in [3.63, 3.8) is 0 Å². The molecule has 0 fully saturated rings. The lowest BCUT2D eigenvalue weighted by molar-refractivity contribution is -0.144. The Bertz CT molecular complexity index is 763. The lowest BCUT2D eigenvalue weighted by Gasteiger charge is -2.16. The van der Waals surface area contributed by atoms with Crippen LogP contribution in [0.1, 0.15) is 136 Å². The van der Waals surface area contributed by atoms with E-state index in [0.29, 0.717) is 31.1 Å². The Morgan fingerprint density at radius 2 is 1.33 bits per heavy atom. The van der Waals surface area contributed by atoms with Crippen molar-refractivity contribution in [3.8, 4) is 0 Å². The van der Waals surface area contributed by atoms with Crippen LogP contribution >= 0.6 is 0 Å². The fourth-order valence-corrected chi connectivity index (χ4v) is 4.38. The van der Waals surface area contributed by atoms with Gasteiger partial charge in [0.05, 0.1) is 24.3 Å². The van der Waals surface area contributed by atoms with Crippen LogP contribution in [0.5, 0.6) is 0 Å². The maximum Gasteiger partial charge on any atom is 0.338 e. The van der Waals surface area contributed by atoms with Crippen LogP contribution in [0.25, 0.3) is 0 Å². The molecular formula is C30H48O6. The van der Waals surface area contributed by atoms with E-state index in [0.717, 1.165) is 38.5 Å². The topological polar surface area (TPSA) is 89.9 Å². The maximum absolute atomic E-state index is 12.2. The number of carbonyl (C=O) groups is 3. The van der Waals surface area contributed by atoms with E-state index < -0.39 is 11.9 Å². The molecule has 0 radical (unpaired) electrons. The number of rotatable bonds is 21. The highest BCUT2D eigenvalue weighted by atomic mass is 16.5. The van der Waals surface area contributed by atoms with Gasteiger partial charge < -0.3 is 14.6 Å². The van der Waals surface area contributed by atoms with Crippen molar-refractivity contribution in [2.24, 2.45) is 5.92 Å². The van der Waals surface area contributed by atoms with Gasteiger partial charge >= 0.3 is 17.9 Å². The van der Waals surface area contributed by atoms with E-state index in [4.69, 9.17) is 14.6 Å². The Balaban J connectivity index is 2.11. The average Bonchev–Trinajstić information content (AvgIpc) is 2.85. The molecule has 0 aliphatic heterocycles. The van der Waals surface area contributed by atoms with Crippen LogP contribution in [0.4, 0.5) is 0 Å². The molecule has 0 bridgehead atoms. The number of ether oxygens (including phenoxy) is 2. The number of hydrogen-bond donors (Lipinski definition) is 1. The molecular weight excluding hydrogens is 456 g/mol. The van der Waals surface area contributed by atoms with Gasteiger partial charge in [0.25, 0.3) is 0 Å². The van der Waals surface area contributed by atoms with Crippen molar-refractivity contribution in [3.05, 3.63) is 34.9 Å². The molecule has 0 aliphatic carbocycles. The number of aromatic carboxylic acids is 1. The summed E-state index contributed by atoms with van der Waals surface area (Å²) >= 11 is 0.